The van der Waals surface area contributed by atoms with Crippen molar-refractivity contribution in [2.45, 2.75) is 25.3 Å². The quantitative estimate of drug-likeness (QED) is 0.655. The maximum absolute atomic E-state index is 12.1. The lowest BCUT2D eigenvalue weighted by atomic mass is 10.0. The summed E-state index contributed by atoms with van der Waals surface area (Å²) < 4.78 is 0. The van der Waals surface area contributed by atoms with Crippen LogP contribution in [-0.4, -0.2) is 23.4 Å². The largest absolute Gasteiger partial charge is 0.349 e. The van der Waals surface area contributed by atoms with Gasteiger partial charge in [0.25, 0.3) is 11.6 Å². The van der Waals surface area contributed by atoms with Crippen LogP contribution >= 0.6 is 12.4 Å². The molecule has 110 valence electrons. The van der Waals surface area contributed by atoms with Gasteiger partial charge in [-0.1, -0.05) is 12.5 Å². The van der Waals surface area contributed by atoms with Gasteiger partial charge in [-0.05, 0) is 31.4 Å². The number of amides is 1. The Morgan fingerprint density at radius 1 is 1.45 bits per heavy atom. The van der Waals surface area contributed by atoms with E-state index in [2.05, 4.69) is 5.32 Å². The Hall–Kier alpha value is -1.66. The second kappa shape index (κ2) is 7.21. The maximum atomic E-state index is 12.1. The van der Waals surface area contributed by atoms with Crippen LogP contribution in [-0.2, 0) is 0 Å². The van der Waals surface area contributed by atoms with Gasteiger partial charge in [0.15, 0.2) is 0 Å². The number of carbonyl (C=O) groups is 1. The van der Waals surface area contributed by atoms with Crippen LogP contribution in [0.1, 0.15) is 29.6 Å². The van der Waals surface area contributed by atoms with Gasteiger partial charge in [-0.25, -0.2) is 0 Å². The minimum absolute atomic E-state index is 0. The number of nitrogens with two attached hydrogens (primary N) is 1. The molecule has 1 aliphatic rings. The van der Waals surface area contributed by atoms with Crippen molar-refractivity contribution in [3.8, 4) is 0 Å². The lowest BCUT2D eigenvalue weighted by Gasteiger charge is -2.19. The highest BCUT2D eigenvalue weighted by atomic mass is 35.5. The smallest absolute Gasteiger partial charge is 0.270 e. The van der Waals surface area contributed by atoms with E-state index in [9.17, 15) is 14.9 Å². The van der Waals surface area contributed by atoms with Crippen LogP contribution in [0.5, 0.6) is 0 Å². The Morgan fingerprint density at radius 2 is 2.20 bits per heavy atom. The minimum Gasteiger partial charge on any atom is -0.349 e. The summed E-state index contributed by atoms with van der Waals surface area (Å²) >= 11 is 0. The molecule has 1 aromatic carbocycles. The number of carbonyl (C=O) groups excluding carboxylic acids is 1. The fourth-order valence-electron chi connectivity index (χ4n) is 2.52. The van der Waals surface area contributed by atoms with Gasteiger partial charge in [-0.3, -0.25) is 14.9 Å². The highest BCUT2D eigenvalue weighted by molar-refractivity contribution is 5.95. The van der Waals surface area contributed by atoms with E-state index in [4.69, 9.17) is 5.73 Å². The van der Waals surface area contributed by atoms with Gasteiger partial charge in [0.2, 0.25) is 0 Å². The van der Waals surface area contributed by atoms with E-state index in [1.54, 1.807) is 6.07 Å². The van der Waals surface area contributed by atoms with Gasteiger partial charge in [0, 0.05) is 23.7 Å². The molecule has 2 rings (SSSR count). The Kier molecular flexibility index (Phi) is 5.91. The van der Waals surface area contributed by atoms with Crippen molar-refractivity contribution >= 4 is 24.0 Å². The number of nitrogens with one attached hydrogen (secondary N) is 1. The van der Waals surface area contributed by atoms with Crippen molar-refractivity contribution in [2.24, 2.45) is 11.7 Å². The highest BCUT2D eigenvalue weighted by Gasteiger charge is 2.27. The molecule has 0 saturated heterocycles. The Morgan fingerprint density at radius 3 is 2.85 bits per heavy atom. The average molecular weight is 300 g/mol. The van der Waals surface area contributed by atoms with E-state index in [0.717, 1.165) is 19.3 Å². The molecule has 0 radical (unpaired) electrons. The van der Waals surface area contributed by atoms with Crippen LogP contribution in [0.25, 0.3) is 0 Å². The molecule has 1 fully saturated rings. The van der Waals surface area contributed by atoms with Gasteiger partial charge in [0.1, 0.15) is 0 Å². The Labute approximate surface area is 123 Å². The summed E-state index contributed by atoms with van der Waals surface area (Å²) in [5.74, 6) is 0.0386. The number of benzene rings is 1. The summed E-state index contributed by atoms with van der Waals surface area (Å²) in [7, 11) is 0. The lowest BCUT2D eigenvalue weighted by molar-refractivity contribution is -0.384. The van der Waals surface area contributed by atoms with Crippen molar-refractivity contribution in [1.82, 2.24) is 5.32 Å². The summed E-state index contributed by atoms with van der Waals surface area (Å²) in [6, 6.07) is 5.84. The van der Waals surface area contributed by atoms with Crippen LogP contribution in [0.3, 0.4) is 0 Å². The van der Waals surface area contributed by atoms with E-state index >= 15 is 0 Å². The van der Waals surface area contributed by atoms with Crippen molar-refractivity contribution in [2.75, 3.05) is 6.54 Å². The summed E-state index contributed by atoms with van der Waals surface area (Å²) in [4.78, 5) is 22.2. The zero-order valence-corrected chi connectivity index (χ0v) is 11.8. The molecule has 2 unspecified atom stereocenters. The number of nitrogens with zero attached hydrogens (tertiary/aromatic N) is 1. The van der Waals surface area contributed by atoms with Crippen LogP contribution in [0.2, 0.25) is 0 Å². The molecule has 1 aliphatic carbocycles. The van der Waals surface area contributed by atoms with Crippen LogP contribution in [0.4, 0.5) is 5.69 Å². The molecule has 1 amide bonds. The van der Waals surface area contributed by atoms with Crippen molar-refractivity contribution < 1.29 is 9.72 Å². The molecule has 0 aromatic heterocycles. The topological polar surface area (TPSA) is 98.3 Å². The molecule has 1 saturated carbocycles. The van der Waals surface area contributed by atoms with Crippen LogP contribution < -0.4 is 11.1 Å². The Bertz CT molecular complexity index is 496. The van der Waals surface area contributed by atoms with Gasteiger partial charge >= 0.3 is 0 Å². The molecule has 0 aliphatic heterocycles. The molecule has 0 spiro atoms. The first-order chi connectivity index (χ1) is 9.11. The summed E-state index contributed by atoms with van der Waals surface area (Å²) in [6.45, 7) is 0.555. The Balaban J connectivity index is 0.00000200. The number of non-ortho nitro benzene ring substituents is 1. The number of hydrogen-bond acceptors (Lipinski definition) is 4. The van der Waals surface area contributed by atoms with E-state index in [1.165, 1.54) is 18.2 Å². The number of nitro benzene ring substituents is 1. The molecule has 0 heterocycles. The molecular formula is C13H18ClN3O3. The molecule has 3 N–H and O–H groups in total. The summed E-state index contributed by atoms with van der Waals surface area (Å²) in [6.07, 6.45) is 3.00. The first-order valence-electron chi connectivity index (χ1n) is 6.37. The predicted molar refractivity (Wildman–Crippen MR) is 78.0 cm³/mol. The maximum Gasteiger partial charge on any atom is 0.270 e. The SMILES string of the molecule is Cl.NCC1CCCC1NC(=O)c1cccc([N+](=O)[O-])c1. The summed E-state index contributed by atoms with van der Waals surface area (Å²) in [5, 5.41) is 13.6. The number of nitro groups is 1. The van der Waals surface area contributed by atoms with E-state index in [-0.39, 0.29) is 30.0 Å². The van der Waals surface area contributed by atoms with Gasteiger partial charge in [-0.15, -0.1) is 12.4 Å². The van der Waals surface area contributed by atoms with Crippen LogP contribution in [0.15, 0.2) is 24.3 Å². The fourth-order valence-corrected chi connectivity index (χ4v) is 2.52. The molecule has 0 bridgehead atoms. The number of rotatable bonds is 4. The third-order valence-corrected chi connectivity index (χ3v) is 3.60. The number of halogens is 1. The third-order valence-electron chi connectivity index (χ3n) is 3.60. The first kappa shape index (κ1) is 16.4. The zero-order valence-electron chi connectivity index (χ0n) is 11.0. The summed E-state index contributed by atoms with van der Waals surface area (Å²) in [5.41, 5.74) is 5.90. The van der Waals surface area contributed by atoms with Crippen molar-refractivity contribution in [3.63, 3.8) is 0 Å². The molecule has 20 heavy (non-hydrogen) atoms. The zero-order chi connectivity index (χ0) is 13.8. The average Bonchev–Trinajstić information content (AvgIpc) is 2.86. The van der Waals surface area contributed by atoms with Gasteiger partial charge < -0.3 is 11.1 Å². The first-order valence-corrected chi connectivity index (χ1v) is 6.37. The van der Waals surface area contributed by atoms with Gasteiger partial charge in [0.05, 0.1) is 4.92 Å². The molecule has 2 atom stereocenters. The number of hydrogen-bond donors (Lipinski definition) is 2. The van der Waals surface area contributed by atoms with Gasteiger partial charge in [-0.2, -0.15) is 0 Å². The monoisotopic (exact) mass is 299 g/mol. The standard InChI is InChI=1S/C13H17N3O3.ClH/c14-8-10-4-2-6-12(10)15-13(17)9-3-1-5-11(7-9)16(18)19;/h1,3,5,7,10,12H,2,4,6,8,14H2,(H,15,17);1H. The predicted octanol–water partition coefficient (Wildman–Crippen LogP) is 1.87. The minimum atomic E-state index is -0.505. The second-order valence-electron chi connectivity index (χ2n) is 4.81. The third kappa shape index (κ3) is 3.68. The van der Waals surface area contributed by atoms with E-state index in [1.807, 2.05) is 0 Å². The fraction of sp³-hybridized carbons (Fsp3) is 0.462. The van der Waals surface area contributed by atoms with E-state index in [0.29, 0.717) is 18.0 Å². The normalized spacial score (nSPS) is 21.1. The van der Waals surface area contributed by atoms with Crippen molar-refractivity contribution in [1.29, 1.82) is 0 Å². The molecule has 6 nitrogen and oxygen atoms in total. The molecule has 1 aromatic rings. The van der Waals surface area contributed by atoms with Crippen LogP contribution in [0, 0.1) is 16.0 Å². The van der Waals surface area contributed by atoms with Crippen molar-refractivity contribution in [3.05, 3.63) is 39.9 Å². The van der Waals surface area contributed by atoms with E-state index < -0.39 is 4.92 Å². The molecule has 7 heteroatoms. The highest BCUT2D eigenvalue weighted by Crippen LogP contribution is 2.25. The molecular weight excluding hydrogens is 282 g/mol. The lowest BCUT2D eigenvalue weighted by Crippen LogP contribution is -2.39. The second-order valence-corrected chi connectivity index (χ2v) is 4.81.